The Morgan fingerprint density at radius 3 is 2.49 bits per heavy atom. The van der Waals surface area contributed by atoms with Crippen LogP contribution in [0, 0.1) is 17.8 Å². The monoisotopic (exact) mass is 590 g/mol. The first kappa shape index (κ1) is 30.3. The Labute approximate surface area is 237 Å². The maximum Gasteiger partial charge on any atom is 0.406 e. The van der Waals surface area contributed by atoms with Crippen LogP contribution in [0.1, 0.15) is 25.3 Å². The Morgan fingerprint density at radius 1 is 1.12 bits per heavy atom. The Bertz CT molecular complexity index is 1580. The molecule has 220 valence electrons. The number of sulfone groups is 1. The van der Waals surface area contributed by atoms with Gasteiger partial charge in [0.15, 0.2) is 9.84 Å². The van der Waals surface area contributed by atoms with Gasteiger partial charge in [-0.25, -0.2) is 8.42 Å². The van der Waals surface area contributed by atoms with Crippen LogP contribution in [0.5, 0.6) is 5.75 Å². The number of aromatic nitrogens is 1. The van der Waals surface area contributed by atoms with Gasteiger partial charge in [0.05, 0.1) is 35.4 Å². The zero-order valence-electron chi connectivity index (χ0n) is 23.1. The van der Waals surface area contributed by atoms with E-state index < -0.39 is 22.6 Å². The molecule has 41 heavy (non-hydrogen) atoms. The molecule has 1 aliphatic heterocycles. The van der Waals surface area contributed by atoms with E-state index in [0.29, 0.717) is 46.4 Å². The van der Waals surface area contributed by atoms with Crippen molar-refractivity contribution in [3.05, 3.63) is 48.2 Å². The first-order valence-electron chi connectivity index (χ1n) is 13.2. The summed E-state index contributed by atoms with van der Waals surface area (Å²) in [6.45, 7) is 3.57. The second-order valence-electron chi connectivity index (χ2n) is 10.0. The van der Waals surface area contributed by atoms with Crippen molar-refractivity contribution in [3.63, 3.8) is 0 Å². The molecule has 3 aromatic rings. The number of ether oxygens (including phenoxy) is 1. The highest BCUT2D eigenvalue weighted by molar-refractivity contribution is 7.90. The number of carbonyl (C=O) groups is 1. The Kier molecular flexibility index (Phi) is 9.19. The predicted octanol–water partition coefficient (Wildman–Crippen LogP) is 4.75. The quantitative estimate of drug-likeness (QED) is 0.368. The number of benzene rings is 2. The minimum atomic E-state index is -4.42. The van der Waals surface area contributed by atoms with E-state index in [4.69, 9.17) is 4.74 Å². The summed E-state index contributed by atoms with van der Waals surface area (Å²) < 4.78 is 70.0. The number of hydrogen-bond donors (Lipinski definition) is 2. The normalized spacial score (nSPS) is 14.9. The highest BCUT2D eigenvalue weighted by atomic mass is 32.2. The fourth-order valence-electron chi connectivity index (χ4n) is 4.89. The van der Waals surface area contributed by atoms with Crippen molar-refractivity contribution >= 4 is 38.0 Å². The van der Waals surface area contributed by atoms with Crippen LogP contribution in [0.15, 0.2) is 47.5 Å². The molecule has 1 aromatic heterocycles. The molecule has 1 saturated heterocycles. The van der Waals surface area contributed by atoms with Gasteiger partial charge in [-0.2, -0.15) is 13.2 Å². The summed E-state index contributed by atoms with van der Waals surface area (Å²) in [4.78, 5) is 15.5. The molecule has 1 amide bonds. The number of alkyl halides is 3. The molecule has 1 fully saturated rings. The van der Waals surface area contributed by atoms with Crippen molar-refractivity contribution in [1.82, 2.24) is 9.47 Å². The number of anilines is 2. The molecule has 0 atom stereocenters. The lowest BCUT2D eigenvalue weighted by atomic mass is 9.95. The van der Waals surface area contributed by atoms with Gasteiger partial charge in [0.25, 0.3) is 0 Å². The molecule has 0 unspecified atom stereocenters. The third-order valence-electron chi connectivity index (χ3n) is 7.10. The minimum absolute atomic E-state index is 0.100. The topological polar surface area (TPSA) is 92.7 Å². The smallest absolute Gasteiger partial charge is 0.406 e. The molecule has 2 aromatic carbocycles. The van der Waals surface area contributed by atoms with Crippen molar-refractivity contribution in [2.24, 2.45) is 5.92 Å². The Hall–Kier alpha value is -3.69. The molecule has 2 N–H and O–H groups in total. The number of fused-ring (bicyclic) bond motifs is 1. The van der Waals surface area contributed by atoms with E-state index in [0.717, 1.165) is 30.5 Å². The van der Waals surface area contributed by atoms with Gasteiger partial charge in [0.2, 0.25) is 5.91 Å². The van der Waals surface area contributed by atoms with Crippen LogP contribution >= 0.6 is 0 Å². The van der Waals surface area contributed by atoms with Gasteiger partial charge in [-0.05, 0) is 68.9 Å². The third kappa shape index (κ3) is 7.74. The van der Waals surface area contributed by atoms with Crippen LogP contribution < -0.4 is 15.4 Å². The second kappa shape index (κ2) is 12.4. The molecule has 8 nitrogen and oxygen atoms in total. The third-order valence-corrected chi connectivity index (χ3v) is 8.21. The van der Waals surface area contributed by atoms with Crippen molar-refractivity contribution in [1.29, 1.82) is 0 Å². The van der Waals surface area contributed by atoms with Crippen LogP contribution in [0.2, 0.25) is 0 Å². The lowest BCUT2D eigenvalue weighted by molar-refractivity contribution is -0.139. The summed E-state index contributed by atoms with van der Waals surface area (Å²) in [5.41, 5.74) is 1.57. The highest BCUT2D eigenvalue weighted by Crippen LogP contribution is 2.31. The van der Waals surface area contributed by atoms with Crippen molar-refractivity contribution in [2.75, 3.05) is 50.2 Å². The molecule has 12 heteroatoms. The molecule has 0 saturated carbocycles. The summed E-state index contributed by atoms with van der Waals surface area (Å²) in [5, 5.41) is 6.48. The number of likely N-dealkylation sites (tertiary alicyclic amines) is 1. The maximum absolute atomic E-state index is 13.3. The van der Waals surface area contributed by atoms with Gasteiger partial charge in [-0.3, -0.25) is 4.79 Å². The lowest BCUT2D eigenvalue weighted by Gasteiger charge is -2.30. The Balaban J connectivity index is 1.60. The van der Waals surface area contributed by atoms with E-state index >= 15 is 0 Å². The van der Waals surface area contributed by atoms with Gasteiger partial charge in [-0.15, -0.1) is 0 Å². The fourth-order valence-corrected chi connectivity index (χ4v) is 5.54. The van der Waals surface area contributed by atoms with Crippen LogP contribution in [0.25, 0.3) is 10.9 Å². The van der Waals surface area contributed by atoms with Gasteiger partial charge in [-0.1, -0.05) is 18.8 Å². The molecule has 0 radical (unpaired) electrons. The number of piperidine rings is 1. The zero-order valence-corrected chi connectivity index (χ0v) is 24.0. The van der Waals surface area contributed by atoms with E-state index in [-0.39, 0.29) is 23.3 Å². The van der Waals surface area contributed by atoms with Crippen LogP contribution in [0.3, 0.4) is 0 Å². The minimum Gasteiger partial charge on any atom is -0.495 e. The fraction of sp³-hybridized carbons (Fsp3) is 0.414. The highest BCUT2D eigenvalue weighted by Gasteiger charge is 2.29. The van der Waals surface area contributed by atoms with E-state index in [1.54, 1.807) is 18.2 Å². The SMILES string of the molecule is CCN1CCC(C(=O)Nc2cc(C#CCNc3cc(S(C)(=O)=O)ccc3OC)cc3c2ccn3CC(F)(F)F)CC1. The number of methoxy groups -OCH3 is 1. The van der Waals surface area contributed by atoms with Crippen molar-refractivity contribution in [3.8, 4) is 17.6 Å². The van der Waals surface area contributed by atoms with E-state index in [1.165, 1.54) is 31.5 Å². The number of rotatable bonds is 8. The van der Waals surface area contributed by atoms with Crippen molar-refractivity contribution in [2.45, 2.75) is 37.4 Å². The standard InChI is InChI=1S/C29H33F3N4O4S/c1-4-35-13-9-21(10-14-35)28(37)34-24-16-20(17-26-23(24)11-15-36(26)19-29(30,31)32)6-5-12-33-25-18-22(41(3,38)39)7-8-27(25)40-2/h7-8,11,15-18,21,33H,4,9-10,12-14,19H2,1-3H3,(H,34,37). The van der Waals surface area contributed by atoms with E-state index in [1.807, 2.05) is 0 Å². The number of halogens is 3. The summed E-state index contributed by atoms with van der Waals surface area (Å²) in [5.74, 6) is 5.97. The largest absolute Gasteiger partial charge is 0.495 e. The number of nitrogens with zero attached hydrogens (tertiary/aromatic N) is 2. The molecule has 0 aliphatic carbocycles. The molecule has 2 heterocycles. The summed E-state index contributed by atoms with van der Waals surface area (Å²) in [6.07, 6.45) is -0.533. The van der Waals surface area contributed by atoms with Crippen LogP contribution in [-0.2, 0) is 21.2 Å². The molecular formula is C29H33F3N4O4S. The molecular weight excluding hydrogens is 557 g/mol. The number of hydrogen-bond acceptors (Lipinski definition) is 6. The maximum atomic E-state index is 13.3. The number of amides is 1. The summed E-state index contributed by atoms with van der Waals surface area (Å²) in [6, 6.07) is 9.22. The number of carbonyl (C=O) groups excluding carboxylic acids is 1. The average Bonchev–Trinajstić information content (AvgIpc) is 3.31. The lowest BCUT2D eigenvalue weighted by Crippen LogP contribution is -2.37. The molecule has 4 rings (SSSR count). The zero-order chi connectivity index (χ0) is 29.8. The van der Waals surface area contributed by atoms with Crippen LogP contribution in [-0.4, -0.2) is 69.5 Å². The van der Waals surface area contributed by atoms with Crippen molar-refractivity contribution < 1.29 is 31.1 Å². The summed E-state index contributed by atoms with van der Waals surface area (Å²) >= 11 is 0. The van der Waals surface area contributed by atoms with Gasteiger partial charge >= 0.3 is 6.18 Å². The Morgan fingerprint density at radius 2 is 1.85 bits per heavy atom. The number of nitrogens with one attached hydrogen (secondary N) is 2. The molecule has 1 aliphatic rings. The second-order valence-corrected chi connectivity index (χ2v) is 12.0. The van der Waals surface area contributed by atoms with E-state index in [9.17, 15) is 26.4 Å². The molecule has 0 spiro atoms. The summed E-state index contributed by atoms with van der Waals surface area (Å²) in [7, 11) is -1.98. The average molecular weight is 591 g/mol. The van der Waals surface area contributed by atoms with Gasteiger partial charge in [0.1, 0.15) is 12.3 Å². The van der Waals surface area contributed by atoms with Gasteiger partial charge < -0.3 is 24.8 Å². The van der Waals surface area contributed by atoms with Crippen LogP contribution in [0.4, 0.5) is 24.5 Å². The first-order valence-corrected chi connectivity index (χ1v) is 15.1. The predicted molar refractivity (Wildman–Crippen MR) is 153 cm³/mol. The molecule has 0 bridgehead atoms. The van der Waals surface area contributed by atoms with E-state index in [2.05, 4.69) is 34.3 Å². The van der Waals surface area contributed by atoms with Gasteiger partial charge in [0, 0.05) is 29.3 Å². The first-order chi connectivity index (χ1) is 19.4.